The maximum atomic E-state index is 6.42. The molecular weight excluding hydrogens is 422 g/mol. The first-order chi connectivity index (χ1) is 10.1. The molecule has 0 fully saturated rings. The van der Waals surface area contributed by atoms with Gasteiger partial charge in [0.2, 0.25) is 0 Å². The van der Waals surface area contributed by atoms with Crippen molar-refractivity contribution in [3.8, 4) is 5.69 Å². The van der Waals surface area contributed by atoms with Gasteiger partial charge in [-0.3, -0.25) is 4.57 Å². The van der Waals surface area contributed by atoms with E-state index in [4.69, 9.17) is 23.2 Å². The summed E-state index contributed by atoms with van der Waals surface area (Å²) in [7, 11) is 1.91. The topological polar surface area (TPSA) is 35.6 Å². The van der Waals surface area contributed by atoms with Crippen molar-refractivity contribution in [2.45, 2.75) is 19.2 Å². The summed E-state index contributed by atoms with van der Waals surface area (Å²) in [4.78, 5) is 4.65. The molecule has 1 aromatic carbocycles. The Kier molecular flexibility index (Phi) is 4.16. The molecule has 3 rings (SSSR count). The number of nitrogens with zero attached hydrogens (tertiary/aromatic N) is 4. The monoisotopic (exact) mass is 434 g/mol. The van der Waals surface area contributed by atoms with Gasteiger partial charge in [0.05, 0.1) is 22.3 Å². The zero-order valence-electron chi connectivity index (χ0n) is 11.6. The lowest BCUT2D eigenvalue weighted by Crippen LogP contribution is -2.05. The van der Waals surface area contributed by atoms with Gasteiger partial charge in [-0.05, 0) is 47.2 Å². The number of alkyl halides is 1. The maximum Gasteiger partial charge on any atom is 0.163 e. The molecule has 0 saturated carbocycles. The number of imidazole rings is 1. The Morgan fingerprint density at radius 3 is 2.71 bits per heavy atom. The molecule has 0 amide bonds. The fourth-order valence-electron chi connectivity index (χ4n) is 2.47. The van der Waals surface area contributed by atoms with E-state index in [0.29, 0.717) is 10.9 Å². The molecule has 0 radical (unpaired) electrons. The van der Waals surface area contributed by atoms with Crippen LogP contribution in [0.1, 0.15) is 18.4 Å². The molecule has 0 N–H and O–H groups in total. The third kappa shape index (κ3) is 2.45. The highest BCUT2D eigenvalue weighted by Crippen LogP contribution is 2.30. The van der Waals surface area contributed by atoms with Crippen LogP contribution in [0.3, 0.4) is 0 Å². The molecule has 3 aromatic rings. The Labute approximate surface area is 146 Å². The summed E-state index contributed by atoms with van der Waals surface area (Å²) in [5.74, 6) is 1.10. The number of rotatable bonds is 3. The highest BCUT2D eigenvalue weighted by molar-refractivity contribution is 14.1. The number of aryl methyl sites for hydroxylation is 2. The second-order valence-corrected chi connectivity index (χ2v) is 6.61. The van der Waals surface area contributed by atoms with Crippen molar-refractivity contribution in [2.75, 3.05) is 0 Å². The Bertz CT molecular complexity index is 822. The summed E-state index contributed by atoms with van der Waals surface area (Å²) in [6.07, 6.45) is 0.830. The van der Waals surface area contributed by atoms with Crippen molar-refractivity contribution < 1.29 is 0 Å². The molecule has 0 unspecified atom stereocenters. The number of fused-ring (bicyclic) bond motifs is 1. The predicted octanol–water partition coefficient (Wildman–Crippen LogP) is 4.32. The van der Waals surface area contributed by atoms with Crippen molar-refractivity contribution in [1.29, 1.82) is 0 Å². The van der Waals surface area contributed by atoms with Crippen LogP contribution in [0.2, 0.25) is 5.02 Å². The summed E-state index contributed by atoms with van der Waals surface area (Å²) < 4.78 is 4.92. The van der Waals surface area contributed by atoms with Crippen molar-refractivity contribution in [2.24, 2.45) is 7.05 Å². The lowest BCUT2D eigenvalue weighted by atomic mass is 10.3. The molecule has 4 nitrogen and oxygen atoms in total. The van der Waals surface area contributed by atoms with E-state index in [1.54, 1.807) is 0 Å². The minimum Gasteiger partial charge on any atom is -0.278 e. The Morgan fingerprint density at radius 1 is 1.33 bits per heavy atom. The van der Waals surface area contributed by atoms with E-state index in [2.05, 4.69) is 39.6 Å². The first kappa shape index (κ1) is 15.1. The molecule has 0 bridgehead atoms. The number of aromatic nitrogens is 4. The van der Waals surface area contributed by atoms with Crippen molar-refractivity contribution in [3.05, 3.63) is 38.3 Å². The Hall–Kier alpha value is -0.790. The zero-order valence-corrected chi connectivity index (χ0v) is 15.2. The van der Waals surface area contributed by atoms with Crippen LogP contribution in [-0.2, 0) is 19.3 Å². The number of hydrogen-bond donors (Lipinski definition) is 0. The quantitative estimate of drug-likeness (QED) is 0.454. The molecule has 0 aliphatic carbocycles. The Balaban J connectivity index is 2.37. The fourth-order valence-corrected chi connectivity index (χ4v) is 3.59. The first-order valence-electron chi connectivity index (χ1n) is 6.51. The van der Waals surface area contributed by atoms with Gasteiger partial charge in [0.1, 0.15) is 11.3 Å². The molecule has 2 heterocycles. The fraction of sp³-hybridized carbons (Fsp3) is 0.286. The molecule has 7 heteroatoms. The largest absolute Gasteiger partial charge is 0.278 e. The van der Waals surface area contributed by atoms with E-state index in [1.807, 2.05) is 34.5 Å². The van der Waals surface area contributed by atoms with Gasteiger partial charge in [0.15, 0.2) is 5.65 Å². The van der Waals surface area contributed by atoms with Gasteiger partial charge >= 0.3 is 0 Å². The van der Waals surface area contributed by atoms with Crippen LogP contribution in [0.15, 0.2) is 18.2 Å². The van der Waals surface area contributed by atoms with Crippen LogP contribution in [0.5, 0.6) is 0 Å². The average Bonchev–Trinajstić information content (AvgIpc) is 2.97. The van der Waals surface area contributed by atoms with Gasteiger partial charge in [-0.1, -0.05) is 18.5 Å². The molecule has 0 spiro atoms. The predicted molar refractivity (Wildman–Crippen MR) is 94.5 cm³/mol. The molecule has 0 saturated heterocycles. The van der Waals surface area contributed by atoms with Gasteiger partial charge in [-0.2, -0.15) is 5.10 Å². The van der Waals surface area contributed by atoms with E-state index in [1.165, 1.54) is 0 Å². The van der Waals surface area contributed by atoms with E-state index < -0.39 is 0 Å². The number of halogens is 3. The van der Waals surface area contributed by atoms with Gasteiger partial charge in [0, 0.05) is 10.6 Å². The second kappa shape index (κ2) is 5.78. The summed E-state index contributed by atoms with van der Waals surface area (Å²) in [5.41, 5.74) is 3.66. The van der Waals surface area contributed by atoms with E-state index in [9.17, 15) is 0 Å². The average molecular weight is 435 g/mol. The molecule has 0 aliphatic rings. The van der Waals surface area contributed by atoms with Crippen molar-refractivity contribution >= 4 is 57.0 Å². The number of benzene rings is 1. The molecule has 110 valence electrons. The SMILES string of the molecule is CCc1nn(C)c2c1nc(CCl)n2-c1ccc(I)cc1Cl. The van der Waals surface area contributed by atoms with Gasteiger partial charge in [-0.25, -0.2) is 9.67 Å². The molecule has 2 aromatic heterocycles. The van der Waals surface area contributed by atoms with Crippen LogP contribution in [0.4, 0.5) is 0 Å². The second-order valence-electron chi connectivity index (χ2n) is 4.69. The van der Waals surface area contributed by atoms with Crippen LogP contribution in [-0.4, -0.2) is 19.3 Å². The van der Waals surface area contributed by atoms with Crippen LogP contribution in [0, 0.1) is 3.57 Å². The van der Waals surface area contributed by atoms with Crippen LogP contribution < -0.4 is 0 Å². The zero-order chi connectivity index (χ0) is 15.1. The highest BCUT2D eigenvalue weighted by atomic mass is 127. The number of hydrogen-bond acceptors (Lipinski definition) is 2. The molecule has 0 aliphatic heterocycles. The lowest BCUT2D eigenvalue weighted by Gasteiger charge is -2.10. The third-order valence-electron chi connectivity index (χ3n) is 3.38. The van der Waals surface area contributed by atoms with E-state index in [-0.39, 0.29) is 0 Å². The first-order valence-corrected chi connectivity index (χ1v) is 8.50. The van der Waals surface area contributed by atoms with Crippen LogP contribution >= 0.6 is 45.8 Å². The van der Waals surface area contributed by atoms with Crippen molar-refractivity contribution in [1.82, 2.24) is 19.3 Å². The summed E-state index contributed by atoms with van der Waals surface area (Å²) in [6.45, 7) is 2.07. The van der Waals surface area contributed by atoms with E-state index >= 15 is 0 Å². The molecule has 0 atom stereocenters. The Morgan fingerprint density at radius 2 is 2.10 bits per heavy atom. The summed E-state index contributed by atoms with van der Waals surface area (Å²) in [5, 5.41) is 5.20. The summed E-state index contributed by atoms with van der Waals surface area (Å²) in [6, 6.07) is 5.93. The standard InChI is InChI=1S/C14H13Cl2IN4/c1-3-10-13-14(20(2)19-10)21(12(7-15)18-13)11-5-4-8(17)6-9(11)16/h4-6H,3,7H2,1-2H3. The lowest BCUT2D eigenvalue weighted by molar-refractivity contribution is 0.744. The minimum atomic E-state index is 0.320. The third-order valence-corrected chi connectivity index (χ3v) is 4.59. The normalized spacial score (nSPS) is 11.5. The van der Waals surface area contributed by atoms with Gasteiger partial charge in [-0.15, -0.1) is 11.6 Å². The minimum absolute atomic E-state index is 0.320. The highest BCUT2D eigenvalue weighted by Gasteiger charge is 2.20. The van der Waals surface area contributed by atoms with Gasteiger partial charge < -0.3 is 0 Å². The molecular formula is C14H13Cl2IN4. The van der Waals surface area contributed by atoms with E-state index in [0.717, 1.165) is 38.4 Å². The molecule has 21 heavy (non-hydrogen) atoms. The van der Waals surface area contributed by atoms with Crippen molar-refractivity contribution in [3.63, 3.8) is 0 Å². The maximum absolute atomic E-state index is 6.42. The van der Waals surface area contributed by atoms with Gasteiger partial charge in [0.25, 0.3) is 0 Å². The summed E-state index contributed by atoms with van der Waals surface area (Å²) >= 11 is 14.7. The smallest absolute Gasteiger partial charge is 0.163 e. The van der Waals surface area contributed by atoms with Crippen LogP contribution in [0.25, 0.3) is 16.9 Å².